The molecular weight excluding hydrogens is 364 g/mol. The average molecular weight is 382 g/mol. The highest BCUT2D eigenvalue weighted by atomic mass is 32.2. The van der Waals surface area contributed by atoms with Gasteiger partial charge in [-0.05, 0) is 18.4 Å². The van der Waals surface area contributed by atoms with Crippen LogP contribution in [0.15, 0.2) is 22.7 Å². The van der Waals surface area contributed by atoms with Crippen LogP contribution in [-0.4, -0.2) is 44.9 Å². The van der Waals surface area contributed by atoms with Gasteiger partial charge in [0.25, 0.3) is 0 Å². The van der Waals surface area contributed by atoms with E-state index in [0.29, 0.717) is 17.5 Å². The number of nitrogens with two attached hydrogens (primary N) is 1. The van der Waals surface area contributed by atoms with Gasteiger partial charge >= 0.3 is 6.03 Å². The summed E-state index contributed by atoms with van der Waals surface area (Å²) in [6, 6.07) is 3.21. The topological polar surface area (TPSA) is 132 Å². The molecule has 0 bridgehead atoms. The Hall–Kier alpha value is -2.40. The molecule has 134 valence electrons. The molecule has 1 unspecified atom stereocenters. The van der Waals surface area contributed by atoms with Gasteiger partial charge in [-0.1, -0.05) is 17.8 Å². The highest BCUT2D eigenvalue weighted by molar-refractivity contribution is 8.00. The fourth-order valence-corrected chi connectivity index (χ4v) is 3.47. The Balaban J connectivity index is 2.20. The molecule has 25 heavy (non-hydrogen) atoms. The number of carbonyl (C=O) groups is 3. The number of thioether (sulfide) groups is 1. The lowest BCUT2D eigenvalue weighted by atomic mass is 10.4. The molecule has 2 aromatic rings. The summed E-state index contributed by atoms with van der Waals surface area (Å²) in [7, 11) is 1.42. The van der Waals surface area contributed by atoms with E-state index in [0.717, 1.165) is 16.6 Å². The SMILES string of the molecule is CNC(=O)NC(=O)C(C)Sc1nnc(-c2cccs2)n1CCC(N)=O. The summed E-state index contributed by atoms with van der Waals surface area (Å²) in [6.07, 6.45) is 0.128. The van der Waals surface area contributed by atoms with E-state index in [2.05, 4.69) is 20.8 Å². The third-order valence-corrected chi connectivity index (χ3v) is 5.10. The van der Waals surface area contributed by atoms with Crippen molar-refractivity contribution in [1.82, 2.24) is 25.4 Å². The molecule has 0 aliphatic carbocycles. The zero-order valence-electron chi connectivity index (χ0n) is 13.7. The van der Waals surface area contributed by atoms with Crippen LogP contribution in [0.5, 0.6) is 0 Å². The fourth-order valence-electron chi connectivity index (χ4n) is 1.88. The van der Waals surface area contributed by atoms with Crippen LogP contribution in [0, 0.1) is 0 Å². The van der Waals surface area contributed by atoms with Crippen LogP contribution >= 0.6 is 23.1 Å². The highest BCUT2D eigenvalue weighted by Gasteiger charge is 2.22. The van der Waals surface area contributed by atoms with Crippen molar-refractivity contribution >= 4 is 40.9 Å². The molecule has 0 aliphatic rings. The van der Waals surface area contributed by atoms with Crippen molar-refractivity contribution in [2.75, 3.05) is 7.05 Å². The van der Waals surface area contributed by atoms with Gasteiger partial charge in [-0.2, -0.15) is 0 Å². The monoisotopic (exact) mass is 382 g/mol. The Morgan fingerprint density at radius 3 is 2.76 bits per heavy atom. The van der Waals surface area contributed by atoms with Crippen molar-refractivity contribution in [3.63, 3.8) is 0 Å². The molecule has 0 spiro atoms. The lowest BCUT2D eigenvalue weighted by molar-refractivity contribution is -0.119. The van der Waals surface area contributed by atoms with E-state index in [1.54, 1.807) is 11.5 Å². The number of nitrogens with zero attached hydrogens (tertiary/aromatic N) is 3. The van der Waals surface area contributed by atoms with Gasteiger partial charge in [-0.15, -0.1) is 21.5 Å². The Morgan fingerprint density at radius 1 is 1.40 bits per heavy atom. The molecule has 2 rings (SSSR count). The Morgan fingerprint density at radius 2 is 2.16 bits per heavy atom. The third-order valence-electron chi connectivity index (χ3n) is 3.16. The van der Waals surface area contributed by atoms with E-state index < -0.39 is 23.1 Å². The van der Waals surface area contributed by atoms with Crippen molar-refractivity contribution in [2.45, 2.75) is 30.3 Å². The fraction of sp³-hybridized carbons (Fsp3) is 0.357. The summed E-state index contributed by atoms with van der Waals surface area (Å²) in [6.45, 7) is 1.96. The van der Waals surface area contributed by atoms with Crippen LogP contribution in [-0.2, 0) is 16.1 Å². The first-order valence-electron chi connectivity index (χ1n) is 7.37. The van der Waals surface area contributed by atoms with Gasteiger partial charge in [-0.3, -0.25) is 14.9 Å². The standard InChI is InChI=1S/C14H18N6O3S2/c1-8(12(22)17-13(23)16-2)25-14-19-18-11(9-4-3-7-24-9)20(14)6-5-10(15)21/h3-4,7-8H,5-6H2,1-2H3,(H2,15,21)(H2,16,17,22,23). The molecule has 4 N–H and O–H groups in total. The molecule has 2 heterocycles. The molecule has 0 radical (unpaired) electrons. The van der Waals surface area contributed by atoms with E-state index in [1.807, 2.05) is 17.5 Å². The summed E-state index contributed by atoms with van der Waals surface area (Å²) >= 11 is 2.64. The van der Waals surface area contributed by atoms with Gasteiger partial charge in [0.05, 0.1) is 10.1 Å². The van der Waals surface area contributed by atoms with Crippen molar-refractivity contribution in [3.8, 4) is 10.7 Å². The summed E-state index contributed by atoms with van der Waals surface area (Å²) < 4.78 is 1.75. The predicted octanol–water partition coefficient (Wildman–Crippen LogP) is 0.818. The number of hydrogen-bond acceptors (Lipinski definition) is 7. The first-order valence-corrected chi connectivity index (χ1v) is 9.13. The smallest absolute Gasteiger partial charge is 0.321 e. The van der Waals surface area contributed by atoms with Gasteiger partial charge < -0.3 is 15.6 Å². The summed E-state index contributed by atoms with van der Waals surface area (Å²) in [5, 5.41) is 14.6. The maximum Gasteiger partial charge on any atom is 0.321 e. The quantitative estimate of drug-likeness (QED) is 0.607. The van der Waals surface area contributed by atoms with Crippen LogP contribution in [0.25, 0.3) is 10.7 Å². The number of rotatable bonds is 7. The number of thiophene rings is 1. The van der Waals surface area contributed by atoms with E-state index >= 15 is 0 Å². The number of aromatic nitrogens is 3. The second-order valence-corrected chi connectivity index (χ2v) is 7.24. The second-order valence-electron chi connectivity index (χ2n) is 4.98. The van der Waals surface area contributed by atoms with Gasteiger partial charge in [0.15, 0.2) is 11.0 Å². The molecule has 1 atom stereocenters. The van der Waals surface area contributed by atoms with Crippen molar-refractivity contribution in [1.29, 1.82) is 0 Å². The van der Waals surface area contributed by atoms with Crippen molar-refractivity contribution < 1.29 is 14.4 Å². The molecule has 0 aliphatic heterocycles. The normalized spacial score (nSPS) is 11.8. The van der Waals surface area contributed by atoms with Crippen molar-refractivity contribution in [2.24, 2.45) is 5.73 Å². The third kappa shape index (κ3) is 5.03. The van der Waals surface area contributed by atoms with E-state index in [9.17, 15) is 14.4 Å². The van der Waals surface area contributed by atoms with Crippen LogP contribution in [0.1, 0.15) is 13.3 Å². The molecule has 4 amide bonds. The number of amides is 4. The minimum Gasteiger partial charge on any atom is -0.370 e. The maximum atomic E-state index is 12.0. The average Bonchev–Trinajstić information content (AvgIpc) is 3.21. The number of urea groups is 1. The first kappa shape index (κ1) is 18.9. The second kappa shape index (κ2) is 8.62. The number of nitrogens with one attached hydrogen (secondary N) is 2. The summed E-state index contributed by atoms with van der Waals surface area (Å²) in [5.41, 5.74) is 5.24. The van der Waals surface area contributed by atoms with Gasteiger partial charge in [0, 0.05) is 20.0 Å². The van der Waals surface area contributed by atoms with Crippen LogP contribution in [0.4, 0.5) is 4.79 Å². The number of imide groups is 1. The Labute approximate surface area is 152 Å². The first-order chi connectivity index (χ1) is 11.9. The van der Waals surface area contributed by atoms with Gasteiger partial charge in [0.1, 0.15) is 0 Å². The number of hydrogen-bond donors (Lipinski definition) is 3. The van der Waals surface area contributed by atoms with Gasteiger partial charge in [-0.25, -0.2) is 4.79 Å². The molecule has 0 saturated carbocycles. The zero-order chi connectivity index (χ0) is 18.4. The lowest BCUT2D eigenvalue weighted by Crippen LogP contribution is -2.41. The summed E-state index contributed by atoms with van der Waals surface area (Å²) in [4.78, 5) is 35.3. The minimum absolute atomic E-state index is 0.128. The van der Waals surface area contributed by atoms with Crippen LogP contribution in [0.3, 0.4) is 0 Å². The largest absolute Gasteiger partial charge is 0.370 e. The van der Waals surface area contributed by atoms with Gasteiger partial charge in [0.2, 0.25) is 11.8 Å². The number of carbonyl (C=O) groups excluding carboxylic acids is 3. The summed E-state index contributed by atoms with van der Waals surface area (Å²) in [5.74, 6) is -0.281. The molecular formula is C14H18N6O3S2. The van der Waals surface area contributed by atoms with E-state index in [4.69, 9.17) is 5.73 Å². The van der Waals surface area contributed by atoms with Crippen LogP contribution < -0.4 is 16.4 Å². The Bertz CT molecular complexity index is 759. The number of primary amides is 1. The molecule has 0 aromatic carbocycles. The van der Waals surface area contributed by atoms with E-state index in [1.165, 1.54) is 18.4 Å². The maximum absolute atomic E-state index is 12.0. The van der Waals surface area contributed by atoms with Crippen molar-refractivity contribution in [3.05, 3.63) is 17.5 Å². The zero-order valence-corrected chi connectivity index (χ0v) is 15.3. The molecule has 0 fully saturated rings. The Kier molecular flexibility index (Phi) is 6.53. The molecule has 0 saturated heterocycles. The lowest BCUT2D eigenvalue weighted by Gasteiger charge is -2.12. The molecule has 2 aromatic heterocycles. The molecule has 9 nitrogen and oxygen atoms in total. The molecule has 11 heteroatoms. The van der Waals surface area contributed by atoms with Crippen LogP contribution in [0.2, 0.25) is 0 Å². The minimum atomic E-state index is -0.579. The predicted molar refractivity (Wildman–Crippen MR) is 95.1 cm³/mol. The van der Waals surface area contributed by atoms with E-state index in [-0.39, 0.29) is 6.42 Å². The highest BCUT2D eigenvalue weighted by Crippen LogP contribution is 2.29.